The van der Waals surface area contributed by atoms with Gasteiger partial charge in [0, 0.05) is 5.75 Å². The highest BCUT2D eigenvalue weighted by Crippen LogP contribution is 2.43. The normalized spacial score (nSPS) is 25.3. The molecule has 0 radical (unpaired) electrons. The number of ether oxygens (including phenoxy) is 1. The molecule has 2 saturated heterocycles. The average Bonchev–Trinajstić information content (AvgIpc) is 3.19. The van der Waals surface area contributed by atoms with Crippen molar-refractivity contribution in [2.75, 3.05) is 5.75 Å². The van der Waals surface area contributed by atoms with Crippen LogP contribution in [0.15, 0.2) is 60.7 Å². The van der Waals surface area contributed by atoms with Crippen molar-refractivity contribution in [3.05, 3.63) is 60.7 Å². The Morgan fingerprint density at radius 3 is 2.07 bits per heavy atom. The van der Waals surface area contributed by atoms with Gasteiger partial charge in [0.15, 0.2) is 0 Å². The van der Waals surface area contributed by atoms with Gasteiger partial charge in [0.05, 0.1) is 17.8 Å². The van der Waals surface area contributed by atoms with Crippen molar-refractivity contribution < 1.29 is 14.0 Å². The molecule has 2 aromatic carbocycles. The zero-order chi connectivity index (χ0) is 19.1. The summed E-state index contributed by atoms with van der Waals surface area (Å²) in [6.07, 6.45) is 0.331. The monoisotopic (exact) mass is 398 g/mol. The van der Waals surface area contributed by atoms with Crippen LogP contribution in [0.4, 0.5) is 0 Å². The molecule has 2 heterocycles. The quantitative estimate of drug-likeness (QED) is 0.584. The largest absolute Gasteiger partial charge is 0.458 e. The predicted molar refractivity (Wildman–Crippen MR) is 113 cm³/mol. The molecule has 2 fully saturated rings. The fourth-order valence-electron chi connectivity index (χ4n) is 4.36. The van der Waals surface area contributed by atoms with Gasteiger partial charge in [-0.25, -0.2) is 0 Å². The SMILES string of the molecule is CC(C)(C)[Si](O[C@@H]1CS[C@@H]2CC(=O)O[C@H]12)(c1ccccc1)c1ccccc1. The molecule has 2 aliphatic rings. The number of fused-ring (bicyclic) bond motifs is 1. The summed E-state index contributed by atoms with van der Waals surface area (Å²) in [7, 11) is -2.60. The number of benzene rings is 2. The number of thioether (sulfide) groups is 1. The fraction of sp³-hybridized carbons (Fsp3) is 0.409. The summed E-state index contributed by atoms with van der Waals surface area (Å²) in [5.74, 6) is 0.792. The summed E-state index contributed by atoms with van der Waals surface area (Å²) in [4.78, 5) is 11.8. The second-order valence-electron chi connectivity index (χ2n) is 8.35. The summed E-state index contributed by atoms with van der Waals surface area (Å²) >= 11 is 1.82. The third kappa shape index (κ3) is 3.26. The Hall–Kier alpha value is -1.56. The lowest BCUT2D eigenvalue weighted by Crippen LogP contribution is -2.68. The minimum atomic E-state index is -2.60. The maximum atomic E-state index is 11.8. The maximum Gasteiger partial charge on any atom is 0.307 e. The molecule has 2 aromatic rings. The van der Waals surface area contributed by atoms with E-state index in [4.69, 9.17) is 9.16 Å². The lowest BCUT2D eigenvalue weighted by atomic mass is 10.1. The average molecular weight is 399 g/mol. The molecule has 0 aromatic heterocycles. The first-order chi connectivity index (χ1) is 12.9. The van der Waals surface area contributed by atoms with Gasteiger partial charge in [0.2, 0.25) is 0 Å². The van der Waals surface area contributed by atoms with Crippen LogP contribution in [-0.4, -0.2) is 37.5 Å². The second-order valence-corrected chi connectivity index (χ2v) is 13.9. The Morgan fingerprint density at radius 1 is 1.00 bits per heavy atom. The zero-order valence-corrected chi connectivity index (χ0v) is 17.9. The van der Waals surface area contributed by atoms with Gasteiger partial charge in [-0.05, 0) is 15.4 Å². The molecule has 0 spiro atoms. The van der Waals surface area contributed by atoms with Gasteiger partial charge < -0.3 is 9.16 Å². The van der Waals surface area contributed by atoms with Crippen LogP contribution in [0.25, 0.3) is 0 Å². The minimum absolute atomic E-state index is 0.0576. The van der Waals surface area contributed by atoms with Gasteiger partial charge in [0.1, 0.15) is 6.10 Å². The minimum Gasteiger partial charge on any atom is -0.458 e. The number of rotatable bonds is 4. The molecule has 27 heavy (non-hydrogen) atoms. The van der Waals surface area contributed by atoms with Crippen LogP contribution in [-0.2, 0) is 14.0 Å². The molecule has 0 unspecified atom stereocenters. The van der Waals surface area contributed by atoms with E-state index in [1.54, 1.807) is 0 Å². The highest BCUT2D eigenvalue weighted by molar-refractivity contribution is 8.00. The lowest BCUT2D eigenvalue weighted by Gasteiger charge is -2.45. The first-order valence-electron chi connectivity index (χ1n) is 9.52. The number of hydrogen-bond acceptors (Lipinski definition) is 4. The highest BCUT2D eigenvalue weighted by atomic mass is 32.2. The number of carbonyl (C=O) groups excluding carboxylic acids is 1. The Labute approximate surface area is 166 Å². The smallest absolute Gasteiger partial charge is 0.307 e. The van der Waals surface area contributed by atoms with Gasteiger partial charge in [-0.2, -0.15) is 11.8 Å². The molecule has 0 N–H and O–H groups in total. The van der Waals surface area contributed by atoms with Gasteiger partial charge in [-0.1, -0.05) is 81.4 Å². The first kappa shape index (κ1) is 18.8. The Bertz CT molecular complexity index is 764. The summed E-state index contributed by atoms with van der Waals surface area (Å²) in [5, 5.41) is 2.70. The van der Waals surface area contributed by atoms with Crippen LogP contribution in [0.5, 0.6) is 0 Å². The fourth-order valence-corrected chi connectivity index (χ4v) is 10.5. The van der Waals surface area contributed by atoms with Crippen LogP contribution in [0.3, 0.4) is 0 Å². The lowest BCUT2D eigenvalue weighted by molar-refractivity contribution is -0.144. The molecule has 2 aliphatic heterocycles. The van der Waals surface area contributed by atoms with Gasteiger partial charge >= 0.3 is 5.97 Å². The molecular weight excluding hydrogens is 372 g/mol. The van der Waals surface area contributed by atoms with E-state index in [0.29, 0.717) is 6.42 Å². The highest BCUT2D eigenvalue weighted by Gasteiger charge is 2.55. The van der Waals surface area contributed by atoms with Crippen molar-refractivity contribution in [1.29, 1.82) is 0 Å². The third-order valence-corrected chi connectivity index (χ3v) is 12.0. The summed E-state index contributed by atoms with van der Waals surface area (Å²) in [6.45, 7) is 6.83. The van der Waals surface area contributed by atoms with E-state index in [9.17, 15) is 4.79 Å². The standard InChI is InChI=1S/C22H26O3SSi/c1-22(2,3)27(16-10-6-4-7-11-16,17-12-8-5-9-13-17)25-18-15-26-19-14-20(23)24-21(18)19/h4-13,18-19,21H,14-15H2,1-3H3/t18-,19-,21-/m1/s1. The summed E-state index contributed by atoms with van der Waals surface area (Å²) in [6, 6.07) is 21.3. The van der Waals surface area contributed by atoms with Crippen molar-refractivity contribution in [1.82, 2.24) is 0 Å². The van der Waals surface area contributed by atoms with Crippen molar-refractivity contribution >= 4 is 36.4 Å². The molecule has 0 saturated carbocycles. The van der Waals surface area contributed by atoms with E-state index >= 15 is 0 Å². The summed E-state index contributed by atoms with van der Waals surface area (Å²) < 4.78 is 12.8. The van der Waals surface area contributed by atoms with Crippen LogP contribution < -0.4 is 10.4 Å². The van der Waals surface area contributed by atoms with E-state index in [1.165, 1.54) is 10.4 Å². The van der Waals surface area contributed by atoms with E-state index in [1.807, 2.05) is 11.8 Å². The van der Waals surface area contributed by atoms with E-state index in [0.717, 1.165) is 5.75 Å². The number of esters is 1. The maximum absolute atomic E-state index is 11.8. The van der Waals surface area contributed by atoms with Crippen molar-refractivity contribution in [2.24, 2.45) is 0 Å². The van der Waals surface area contributed by atoms with Crippen LogP contribution in [0.1, 0.15) is 27.2 Å². The topological polar surface area (TPSA) is 35.5 Å². The van der Waals surface area contributed by atoms with Crippen molar-refractivity contribution in [3.8, 4) is 0 Å². The van der Waals surface area contributed by atoms with Gasteiger partial charge in [-0.15, -0.1) is 0 Å². The predicted octanol–water partition coefficient (Wildman–Crippen LogP) is 3.36. The molecule has 3 nitrogen and oxygen atoms in total. The zero-order valence-electron chi connectivity index (χ0n) is 16.1. The molecule has 4 rings (SSSR count). The molecule has 0 aliphatic carbocycles. The molecule has 0 amide bonds. The molecule has 0 bridgehead atoms. The second kappa shape index (κ2) is 7.11. The van der Waals surface area contributed by atoms with E-state index < -0.39 is 8.32 Å². The van der Waals surface area contributed by atoms with Crippen LogP contribution in [0.2, 0.25) is 5.04 Å². The van der Waals surface area contributed by atoms with Gasteiger partial charge in [0.25, 0.3) is 8.32 Å². The Balaban J connectivity index is 1.82. The van der Waals surface area contributed by atoms with E-state index in [-0.39, 0.29) is 28.5 Å². The number of carbonyl (C=O) groups is 1. The van der Waals surface area contributed by atoms with E-state index in [2.05, 4.69) is 81.4 Å². The molecule has 142 valence electrons. The first-order valence-corrected chi connectivity index (χ1v) is 12.5. The van der Waals surface area contributed by atoms with Crippen molar-refractivity contribution in [2.45, 2.75) is 49.7 Å². The Morgan fingerprint density at radius 2 is 1.56 bits per heavy atom. The molecule has 5 heteroatoms. The van der Waals surface area contributed by atoms with Crippen LogP contribution in [0, 0.1) is 0 Å². The van der Waals surface area contributed by atoms with Crippen LogP contribution >= 0.6 is 11.8 Å². The third-order valence-electron chi connectivity index (χ3n) is 5.59. The number of hydrogen-bond donors (Lipinski definition) is 0. The van der Waals surface area contributed by atoms with Gasteiger partial charge in [-0.3, -0.25) is 4.79 Å². The van der Waals surface area contributed by atoms with Crippen molar-refractivity contribution in [3.63, 3.8) is 0 Å². The Kier molecular flexibility index (Phi) is 4.95. The molecule has 3 atom stereocenters. The summed E-state index contributed by atoms with van der Waals surface area (Å²) in [5.41, 5.74) is 0. The molecular formula is C22H26O3SSi.